The number of nitrogens with zero attached hydrogens (tertiary/aromatic N) is 1. The molecule has 0 aliphatic heterocycles. The Morgan fingerprint density at radius 1 is 1.00 bits per heavy atom. The van der Waals surface area contributed by atoms with Crippen LogP contribution in [0.5, 0.6) is 11.5 Å². The van der Waals surface area contributed by atoms with Crippen LogP contribution in [0.25, 0.3) is 0 Å². The Morgan fingerprint density at radius 2 is 1.74 bits per heavy atom. The third kappa shape index (κ3) is 4.92. The first-order valence-electron chi connectivity index (χ1n) is 8.09. The average molecular weight is 383 g/mol. The van der Waals surface area contributed by atoms with E-state index >= 15 is 0 Å². The van der Waals surface area contributed by atoms with Gasteiger partial charge in [-0.2, -0.15) is 0 Å². The maximum absolute atomic E-state index is 12.2. The third-order valence-corrected chi connectivity index (χ3v) is 4.59. The molecule has 0 unspecified atom stereocenters. The second-order valence-corrected chi connectivity index (χ2v) is 6.92. The molecule has 2 aromatic heterocycles. The van der Waals surface area contributed by atoms with E-state index in [0.29, 0.717) is 27.5 Å². The van der Waals surface area contributed by atoms with Crippen molar-refractivity contribution in [2.24, 2.45) is 0 Å². The van der Waals surface area contributed by atoms with Gasteiger partial charge in [0.2, 0.25) is 0 Å². The van der Waals surface area contributed by atoms with Crippen molar-refractivity contribution in [1.29, 1.82) is 0 Å². The molecule has 3 rings (SSSR count). The standard InChI is InChI=1S/C20H17NO5S/c1-13-3-4-18(27-13)20(23)25-12-14-9-16(24-2)11-17(10-14)26-19(22)15-5-7-21-8-6-15/h3-11H,12H2,1-2H3. The maximum Gasteiger partial charge on any atom is 0.348 e. The first-order chi connectivity index (χ1) is 13.0. The fraction of sp³-hybridized carbons (Fsp3) is 0.150. The molecule has 0 saturated carbocycles. The molecule has 27 heavy (non-hydrogen) atoms. The molecule has 7 heteroatoms. The minimum atomic E-state index is -0.511. The van der Waals surface area contributed by atoms with Crippen molar-refractivity contribution in [3.8, 4) is 11.5 Å². The van der Waals surface area contributed by atoms with E-state index in [4.69, 9.17) is 14.2 Å². The topological polar surface area (TPSA) is 74.7 Å². The highest BCUT2D eigenvalue weighted by Crippen LogP contribution is 2.25. The fourth-order valence-electron chi connectivity index (χ4n) is 2.31. The maximum atomic E-state index is 12.2. The zero-order chi connectivity index (χ0) is 19.2. The van der Waals surface area contributed by atoms with Crippen LogP contribution in [0.1, 0.15) is 30.5 Å². The van der Waals surface area contributed by atoms with Gasteiger partial charge in [-0.05, 0) is 48.9 Å². The Balaban J connectivity index is 1.71. The number of aromatic nitrogens is 1. The summed E-state index contributed by atoms with van der Waals surface area (Å²) >= 11 is 1.37. The van der Waals surface area contributed by atoms with Crippen LogP contribution in [0.4, 0.5) is 0 Å². The third-order valence-electron chi connectivity index (χ3n) is 3.61. The van der Waals surface area contributed by atoms with E-state index in [0.717, 1.165) is 4.88 Å². The van der Waals surface area contributed by atoms with Gasteiger partial charge in [0.15, 0.2) is 0 Å². The molecule has 0 bridgehead atoms. The summed E-state index contributed by atoms with van der Waals surface area (Å²) in [7, 11) is 1.51. The lowest BCUT2D eigenvalue weighted by molar-refractivity contribution is 0.0476. The van der Waals surface area contributed by atoms with E-state index in [1.165, 1.54) is 30.8 Å². The summed E-state index contributed by atoms with van der Waals surface area (Å²) in [5.41, 5.74) is 1.03. The summed E-state index contributed by atoms with van der Waals surface area (Å²) in [4.78, 5) is 29.7. The van der Waals surface area contributed by atoms with Gasteiger partial charge in [0, 0.05) is 23.3 Å². The average Bonchev–Trinajstić information content (AvgIpc) is 3.13. The van der Waals surface area contributed by atoms with E-state index in [1.54, 1.807) is 36.4 Å². The Kier molecular flexibility index (Phi) is 5.83. The molecule has 2 heterocycles. The zero-order valence-electron chi connectivity index (χ0n) is 14.8. The van der Waals surface area contributed by atoms with Gasteiger partial charge >= 0.3 is 11.9 Å². The normalized spacial score (nSPS) is 10.3. The van der Waals surface area contributed by atoms with Crippen LogP contribution in [-0.4, -0.2) is 24.0 Å². The molecule has 0 saturated heterocycles. The Morgan fingerprint density at radius 3 is 2.41 bits per heavy atom. The predicted molar refractivity (Wildman–Crippen MR) is 100 cm³/mol. The van der Waals surface area contributed by atoms with Crippen LogP contribution in [0.15, 0.2) is 54.9 Å². The molecule has 0 atom stereocenters. The molecule has 0 N–H and O–H groups in total. The number of hydrogen-bond acceptors (Lipinski definition) is 7. The summed E-state index contributed by atoms with van der Waals surface area (Å²) in [5, 5.41) is 0. The van der Waals surface area contributed by atoms with Gasteiger partial charge in [0.1, 0.15) is 23.0 Å². The zero-order valence-corrected chi connectivity index (χ0v) is 15.6. The van der Waals surface area contributed by atoms with Crippen LogP contribution >= 0.6 is 11.3 Å². The van der Waals surface area contributed by atoms with E-state index in [1.807, 2.05) is 13.0 Å². The SMILES string of the molecule is COc1cc(COC(=O)c2ccc(C)s2)cc(OC(=O)c2ccncc2)c1. The number of methoxy groups -OCH3 is 1. The number of thiophene rings is 1. The number of pyridine rings is 1. The van der Waals surface area contributed by atoms with Gasteiger partial charge in [0.05, 0.1) is 12.7 Å². The number of hydrogen-bond donors (Lipinski definition) is 0. The van der Waals surface area contributed by atoms with E-state index < -0.39 is 11.9 Å². The fourth-order valence-corrected chi connectivity index (χ4v) is 3.07. The van der Waals surface area contributed by atoms with Crippen LogP contribution < -0.4 is 9.47 Å². The van der Waals surface area contributed by atoms with Crippen molar-refractivity contribution in [2.45, 2.75) is 13.5 Å². The highest BCUT2D eigenvalue weighted by molar-refractivity contribution is 7.13. The smallest absolute Gasteiger partial charge is 0.348 e. The Bertz CT molecular complexity index is 952. The van der Waals surface area contributed by atoms with Crippen molar-refractivity contribution in [2.75, 3.05) is 7.11 Å². The number of benzene rings is 1. The van der Waals surface area contributed by atoms with Crippen LogP contribution in [0.3, 0.4) is 0 Å². The molecule has 138 valence electrons. The molecular weight excluding hydrogens is 366 g/mol. The lowest BCUT2D eigenvalue weighted by Crippen LogP contribution is -2.09. The molecule has 0 aliphatic rings. The number of carbonyl (C=O) groups is 2. The lowest BCUT2D eigenvalue weighted by Gasteiger charge is -2.10. The van der Waals surface area contributed by atoms with Crippen LogP contribution in [-0.2, 0) is 11.3 Å². The van der Waals surface area contributed by atoms with Gasteiger partial charge in [-0.15, -0.1) is 11.3 Å². The quantitative estimate of drug-likeness (QED) is 0.472. The molecular formula is C20H17NO5S. The van der Waals surface area contributed by atoms with Crippen molar-refractivity contribution in [3.05, 3.63) is 75.7 Å². The van der Waals surface area contributed by atoms with Gasteiger partial charge in [-0.25, -0.2) is 9.59 Å². The number of rotatable bonds is 6. The van der Waals surface area contributed by atoms with E-state index in [9.17, 15) is 9.59 Å². The van der Waals surface area contributed by atoms with Crippen molar-refractivity contribution < 1.29 is 23.8 Å². The van der Waals surface area contributed by atoms with Gasteiger partial charge in [0.25, 0.3) is 0 Å². The monoisotopic (exact) mass is 383 g/mol. The van der Waals surface area contributed by atoms with Crippen LogP contribution in [0.2, 0.25) is 0 Å². The minimum Gasteiger partial charge on any atom is -0.497 e. The summed E-state index contributed by atoms with van der Waals surface area (Å²) in [6.07, 6.45) is 3.03. The largest absolute Gasteiger partial charge is 0.497 e. The number of ether oxygens (including phenoxy) is 3. The van der Waals surface area contributed by atoms with E-state index in [-0.39, 0.29) is 6.61 Å². The summed E-state index contributed by atoms with van der Waals surface area (Å²) in [6.45, 7) is 1.96. The Labute approximate surface area is 160 Å². The first kappa shape index (κ1) is 18.6. The molecule has 3 aromatic rings. The highest BCUT2D eigenvalue weighted by Gasteiger charge is 2.13. The number of esters is 2. The molecule has 0 spiro atoms. The van der Waals surface area contributed by atoms with Gasteiger partial charge in [-0.3, -0.25) is 4.98 Å². The molecule has 0 fully saturated rings. The molecule has 6 nitrogen and oxygen atoms in total. The number of carbonyl (C=O) groups excluding carboxylic acids is 2. The molecule has 0 aliphatic carbocycles. The highest BCUT2D eigenvalue weighted by atomic mass is 32.1. The molecule has 1 aromatic carbocycles. The molecule has 0 radical (unpaired) electrons. The van der Waals surface area contributed by atoms with E-state index in [2.05, 4.69) is 4.98 Å². The Hall–Kier alpha value is -3.19. The van der Waals surface area contributed by atoms with Gasteiger partial charge < -0.3 is 14.2 Å². The van der Waals surface area contributed by atoms with Gasteiger partial charge in [-0.1, -0.05) is 0 Å². The lowest BCUT2D eigenvalue weighted by atomic mass is 10.2. The van der Waals surface area contributed by atoms with Crippen molar-refractivity contribution in [3.63, 3.8) is 0 Å². The second-order valence-electron chi connectivity index (χ2n) is 5.63. The number of aryl methyl sites for hydroxylation is 1. The van der Waals surface area contributed by atoms with Crippen molar-refractivity contribution in [1.82, 2.24) is 4.98 Å². The second kappa shape index (κ2) is 8.46. The summed E-state index contributed by atoms with van der Waals surface area (Å²) in [6, 6.07) is 11.7. The molecule has 0 amide bonds. The summed E-state index contributed by atoms with van der Waals surface area (Å²) < 4.78 is 16.0. The van der Waals surface area contributed by atoms with Crippen molar-refractivity contribution >= 4 is 23.3 Å². The predicted octanol–water partition coefficient (Wildman–Crippen LogP) is 4.04. The summed E-state index contributed by atoms with van der Waals surface area (Å²) in [5.74, 6) is -0.115. The first-order valence-corrected chi connectivity index (χ1v) is 8.90. The minimum absolute atomic E-state index is 0.0345. The van der Waals surface area contributed by atoms with Crippen LogP contribution in [0, 0.1) is 6.92 Å².